The molecule has 280 valence electrons. The fraction of sp³-hybridized carbons (Fsp3) is 0.711. The van der Waals surface area contributed by atoms with Crippen LogP contribution in [0.3, 0.4) is 0 Å². The van der Waals surface area contributed by atoms with Gasteiger partial charge in [-0.05, 0) is 148 Å². The number of piperidine rings is 2. The third-order valence-corrected chi connectivity index (χ3v) is 15.7. The summed E-state index contributed by atoms with van der Waals surface area (Å²) in [5.74, 6) is 3.40. The first-order valence-corrected chi connectivity index (χ1v) is 21.5. The molecule has 6 fully saturated rings. The SMILES string of the molecule is O=C(OC(Oc1ccc2c(c1)[C@@]13CCCC[C@H]1[C@@H](C2)NCC3)C1CCCC1)OC(Oc1ccc2c(c1)[C@@]13CCCC[C@H]1[C@@H](C2)NCC3)C1CCCC1. The molecule has 0 amide bonds. The molecule has 2 saturated heterocycles. The van der Waals surface area contributed by atoms with E-state index in [1.807, 2.05) is 0 Å². The number of nitrogens with one attached hydrogen (secondary N) is 2. The van der Waals surface area contributed by atoms with Crippen LogP contribution in [0.15, 0.2) is 36.4 Å². The van der Waals surface area contributed by atoms with Crippen LogP contribution in [-0.2, 0) is 33.1 Å². The highest BCUT2D eigenvalue weighted by Gasteiger charge is 2.53. The van der Waals surface area contributed by atoms with Gasteiger partial charge in [-0.25, -0.2) is 4.79 Å². The molecule has 6 aliphatic carbocycles. The van der Waals surface area contributed by atoms with Crippen molar-refractivity contribution in [1.82, 2.24) is 10.6 Å². The van der Waals surface area contributed by atoms with E-state index in [1.165, 1.54) is 86.5 Å². The van der Waals surface area contributed by atoms with Gasteiger partial charge in [0.05, 0.1) is 0 Å². The molecular formula is C45H60N2O5. The van der Waals surface area contributed by atoms with Crippen LogP contribution in [0.25, 0.3) is 0 Å². The molecule has 2 N–H and O–H groups in total. The van der Waals surface area contributed by atoms with E-state index in [0.29, 0.717) is 23.9 Å². The molecule has 2 aliphatic heterocycles. The van der Waals surface area contributed by atoms with E-state index >= 15 is 0 Å². The van der Waals surface area contributed by atoms with Gasteiger partial charge in [0.1, 0.15) is 11.5 Å². The molecule has 4 saturated carbocycles. The summed E-state index contributed by atoms with van der Waals surface area (Å²) in [5, 5.41) is 7.72. The van der Waals surface area contributed by atoms with Crippen LogP contribution in [0, 0.1) is 23.7 Å². The van der Waals surface area contributed by atoms with Crippen LogP contribution >= 0.6 is 0 Å². The highest BCUT2D eigenvalue weighted by molar-refractivity contribution is 5.60. The molecule has 8 aliphatic rings. The Morgan fingerprint density at radius 3 is 1.48 bits per heavy atom. The number of hydrogen-bond donors (Lipinski definition) is 2. The highest BCUT2D eigenvalue weighted by Crippen LogP contribution is 2.56. The zero-order chi connectivity index (χ0) is 34.7. The van der Waals surface area contributed by atoms with E-state index in [1.54, 1.807) is 0 Å². The second-order valence-electron chi connectivity index (χ2n) is 18.2. The Labute approximate surface area is 310 Å². The first-order chi connectivity index (χ1) is 25.6. The lowest BCUT2D eigenvalue weighted by atomic mass is 9.53. The second kappa shape index (κ2) is 13.8. The highest BCUT2D eigenvalue weighted by atomic mass is 16.8. The summed E-state index contributed by atoms with van der Waals surface area (Å²) in [4.78, 5) is 13.9. The number of hydrogen-bond acceptors (Lipinski definition) is 7. The number of carbonyl (C=O) groups excluding carboxylic acids is 1. The Morgan fingerprint density at radius 2 is 1.02 bits per heavy atom. The van der Waals surface area contributed by atoms with Crippen molar-refractivity contribution in [2.45, 2.75) is 164 Å². The molecule has 8 atom stereocenters. The molecule has 7 heteroatoms. The first kappa shape index (κ1) is 33.8. The largest absolute Gasteiger partial charge is 0.514 e. The minimum absolute atomic E-state index is 0.162. The normalized spacial score (nSPS) is 34.9. The van der Waals surface area contributed by atoms with Crippen LogP contribution < -0.4 is 20.1 Å². The van der Waals surface area contributed by atoms with E-state index in [0.717, 1.165) is 88.8 Å². The maximum Gasteiger partial charge on any atom is 0.514 e. The van der Waals surface area contributed by atoms with Crippen molar-refractivity contribution in [1.29, 1.82) is 0 Å². The maximum atomic E-state index is 13.9. The van der Waals surface area contributed by atoms with E-state index in [9.17, 15) is 4.79 Å². The zero-order valence-corrected chi connectivity index (χ0v) is 31.2. The van der Waals surface area contributed by atoms with Crippen molar-refractivity contribution < 1.29 is 23.7 Å². The van der Waals surface area contributed by atoms with Gasteiger partial charge in [0.25, 0.3) is 12.6 Å². The lowest BCUT2D eigenvalue weighted by molar-refractivity contribution is -0.139. The Kier molecular flexibility index (Phi) is 8.98. The van der Waals surface area contributed by atoms with Gasteiger partial charge in [-0.2, -0.15) is 0 Å². The lowest BCUT2D eigenvalue weighted by Crippen LogP contribution is -2.59. The van der Waals surface area contributed by atoms with Gasteiger partial charge in [0.15, 0.2) is 0 Å². The average molecular weight is 709 g/mol. The Balaban J connectivity index is 0.880. The van der Waals surface area contributed by atoms with Crippen molar-refractivity contribution in [2.75, 3.05) is 13.1 Å². The molecule has 2 unspecified atom stereocenters. The van der Waals surface area contributed by atoms with E-state index in [4.69, 9.17) is 18.9 Å². The van der Waals surface area contributed by atoms with Crippen LogP contribution in [0.5, 0.6) is 11.5 Å². The summed E-state index contributed by atoms with van der Waals surface area (Å²) in [6.07, 6.45) is 21.6. The minimum atomic E-state index is -0.666. The number of benzene rings is 2. The summed E-state index contributed by atoms with van der Waals surface area (Å²) in [6, 6.07) is 14.7. The molecule has 7 nitrogen and oxygen atoms in total. The van der Waals surface area contributed by atoms with Gasteiger partial charge in [-0.1, -0.05) is 63.5 Å². The number of ether oxygens (including phenoxy) is 4. The van der Waals surface area contributed by atoms with Crippen LogP contribution in [-0.4, -0.2) is 43.9 Å². The minimum Gasteiger partial charge on any atom is -0.454 e. The quantitative estimate of drug-likeness (QED) is 0.209. The van der Waals surface area contributed by atoms with Crippen molar-refractivity contribution in [3.05, 3.63) is 58.7 Å². The molecule has 0 spiro atoms. The first-order valence-electron chi connectivity index (χ1n) is 21.5. The summed E-state index contributed by atoms with van der Waals surface area (Å²) in [5.41, 5.74) is 6.44. The van der Waals surface area contributed by atoms with E-state index in [-0.39, 0.29) is 22.7 Å². The molecule has 2 aromatic rings. The Morgan fingerprint density at radius 1 is 0.577 bits per heavy atom. The van der Waals surface area contributed by atoms with Crippen molar-refractivity contribution in [2.24, 2.45) is 23.7 Å². The van der Waals surface area contributed by atoms with Gasteiger partial charge in [-0.15, -0.1) is 0 Å². The fourth-order valence-electron chi connectivity index (χ4n) is 13.3. The molecule has 2 heterocycles. The van der Waals surface area contributed by atoms with Crippen LogP contribution in [0.2, 0.25) is 0 Å². The number of rotatable bonds is 8. The fourth-order valence-corrected chi connectivity index (χ4v) is 13.3. The van der Waals surface area contributed by atoms with Crippen molar-refractivity contribution in [3.63, 3.8) is 0 Å². The summed E-state index contributed by atoms with van der Waals surface area (Å²) >= 11 is 0. The van der Waals surface area contributed by atoms with E-state index < -0.39 is 18.7 Å². The van der Waals surface area contributed by atoms with Gasteiger partial charge in [-0.3, -0.25) is 0 Å². The van der Waals surface area contributed by atoms with E-state index in [2.05, 4.69) is 47.0 Å². The van der Waals surface area contributed by atoms with Crippen molar-refractivity contribution >= 4 is 6.16 Å². The predicted octanol–water partition coefficient (Wildman–Crippen LogP) is 9.02. The van der Waals surface area contributed by atoms with Crippen LogP contribution in [0.1, 0.15) is 138 Å². The molecule has 52 heavy (non-hydrogen) atoms. The van der Waals surface area contributed by atoms with Gasteiger partial charge in [0.2, 0.25) is 0 Å². The molecule has 0 aromatic heterocycles. The smallest absolute Gasteiger partial charge is 0.454 e. The van der Waals surface area contributed by atoms with Gasteiger partial charge in [0, 0.05) is 34.7 Å². The maximum absolute atomic E-state index is 13.9. The third kappa shape index (κ3) is 5.86. The standard InChI is InChI=1S/C45H60N2O5/c48-43(51-41(29-9-1-2-10-29)49-33-17-15-31-25-39-35-13-5-7-19-44(35,21-23-46-39)37(31)27-33)52-42(30-11-3-4-12-30)50-34-18-16-32-26-40-36-14-6-8-20-45(36,22-24-47-40)38(32)28-34/h15-18,27-30,35-36,39-42,46-47H,1-14,19-26H2/t35-,36-,39+,40+,41?,42?,44+,45+/m0/s1. The molecule has 2 aromatic carbocycles. The summed E-state index contributed by atoms with van der Waals surface area (Å²) in [6.45, 7) is 2.20. The Bertz CT molecular complexity index is 1510. The molecule has 10 rings (SSSR count). The van der Waals surface area contributed by atoms with Gasteiger partial charge >= 0.3 is 6.16 Å². The topological polar surface area (TPSA) is 78.1 Å². The molecular weight excluding hydrogens is 649 g/mol. The zero-order valence-electron chi connectivity index (χ0n) is 31.2. The summed E-state index contributed by atoms with van der Waals surface area (Å²) in [7, 11) is 0. The lowest BCUT2D eigenvalue weighted by Gasteiger charge is -2.56. The van der Waals surface area contributed by atoms with Crippen LogP contribution in [0.4, 0.5) is 4.79 Å². The molecule has 0 radical (unpaired) electrons. The number of carbonyl (C=O) groups is 1. The second-order valence-corrected chi connectivity index (χ2v) is 18.2. The number of fused-ring (bicyclic) bond motifs is 2. The monoisotopic (exact) mass is 708 g/mol. The summed E-state index contributed by atoms with van der Waals surface area (Å²) < 4.78 is 25.9. The third-order valence-electron chi connectivity index (χ3n) is 15.7. The molecule has 4 bridgehead atoms. The van der Waals surface area contributed by atoms with Crippen molar-refractivity contribution in [3.8, 4) is 11.5 Å². The average Bonchev–Trinajstić information content (AvgIpc) is 3.91. The Hall–Kier alpha value is -2.77. The van der Waals surface area contributed by atoms with Gasteiger partial charge < -0.3 is 29.6 Å². The predicted molar refractivity (Wildman–Crippen MR) is 201 cm³/mol.